The van der Waals surface area contributed by atoms with E-state index in [0.717, 1.165) is 5.56 Å². The van der Waals surface area contributed by atoms with E-state index in [1.807, 2.05) is 30.3 Å². The van der Waals surface area contributed by atoms with Crippen LogP contribution in [0, 0.1) is 0 Å². The number of carbonyl (C=O) groups is 1. The molecule has 0 amide bonds. The van der Waals surface area contributed by atoms with E-state index >= 15 is 0 Å². The molecule has 13 heavy (non-hydrogen) atoms. The molecule has 3 N–H and O–H groups in total. The molecule has 0 spiro atoms. The van der Waals surface area contributed by atoms with Crippen LogP contribution < -0.4 is 6.15 Å². The molecule has 0 heterocycles. The highest BCUT2D eigenvalue weighted by Crippen LogP contribution is 2.00. The van der Waals surface area contributed by atoms with Crippen molar-refractivity contribution >= 4 is 5.97 Å². The first kappa shape index (κ1) is 11.6. The van der Waals surface area contributed by atoms with Gasteiger partial charge in [0, 0.05) is 6.42 Å². The first-order valence-electron chi connectivity index (χ1n) is 4.02. The van der Waals surface area contributed by atoms with E-state index < -0.39 is 0 Å². The summed E-state index contributed by atoms with van der Waals surface area (Å²) in [6.07, 6.45) is 0.437. The molecule has 0 unspecified atom stereocenters. The second-order valence-electron chi connectivity index (χ2n) is 2.50. The highest BCUT2D eigenvalue weighted by Gasteiger charge is 1.97. The Morgan fingerprint density at radius 2 is 1.92 bits per heavy atom. The van der Waals surface area contributed by atoms with Crippen molar-refractivity contribution in [2.24, 2.45) is 0 Å². The standard InChI is InChI=1S/C10H12O2.H3N/c1-2-10(11)12-8-9-6-4-3-5-7-9;/h3-7H,2,8H2,1H3;1H3. The molecule has 0 atom stereocenters. The number of rotatable bonds is 3. The van der Waals surface area contributed by atoms with Gasteiger partial charge in [0.15, 0.2) is 0 Å². The second-order valence-corrected chi connectivity index (χ2v) is 2.50. The van der Waals surface area contributed by atoms with Gasteiger partial charge in [0.25, 0.3) is 0 Å². The predicted molar refractivity (Wildman–Crippen MR) is 51.6 cm³/mol. The molecule has 0 fully saturated rings. The van der Waals surface area contributed by atoms with Crippen LogP contribution in [0.2, 0.25) is 0 Å². The summed E-state index contributed by atoms with van der Waals surface area (Å²) in [6.45, 7) is 2.17. The Morgan fingerprint density at radius 3 is 2.46 bits per heavy atom. The smallest absolute Gasteiger partial charge is 0.305 e. The highest BCUT2D eigenvalue weighted by molar-refractivity contribution is 5.68. The van der Waals surface area contributed by atoms with Gasteiger partial charge in [0.1, 0.15) is 6.61 Å². The fraction of sp³-hybridized carbons (Fsp3) is 0.300. The molecule has 1 aromatic carbocycles. The number of esters is 1. The van der Waals surface area contributed by atoms with E-state index in [-0.39, 0.29) is 12.1 Å². The molecule has 0 aliphatic heterocycles. The highest BCUT2D eigenvalue weighted by atomic mass is 16.5. The lowest BCUT2D eigenvalue weighted by Crippen LogP contribution is -2.01. The average Bonchev–Trinajstić information content (AvgIpc) is 2.16. The molecule has 1 rings (SSSR count). The van der Waals surface area contributed by atoms with Crippen molar-refractivity contribution in [3.8, 4) is 0 Å². The number of ether oxygens (including phenoxy) is 1. The van der Waals surface area contributed by atoms with E-state index in [9.17, 15) is 4.79 Å². The molecule has 0 aromatic heterocycles. The van der Waals surface area contributed by atoms with E-state index in [0.29, 0.717) is 13.0 Å². The van der Waals surface area contributed by atoms with Crippen molar-refractivity contribution in [3.63, 3.8) is 0 Å². The van der Waals surface area contributed by atoms with Crippen LogP contribution in [0.15, 0.2) is 30.3 Å². The Kier molecular flexibility index (Phi) is 5.55. The molecule has 0 aliphatic carbocycles. The summed E-state index contributed by atoms with van der Waals surface area (Å²) in [4.78, 5) is 10.8. The van der Waals surface area contributed by atoms with Crippen LogP contribution in [0.3, 0.4) is 0 Å². The van der Waals surface area contributed by atoms with Crippen LogP contribution in [-0.2, 0) is 16.1 Å². The van der Waals surface area contributed by atoms with Crippen molar-refractivity contribution in [1.82, 2.24) is 6.15 Å². The third kappa shape index (κ3) is 4.28. The minimum Gasteiger partial charge on any atom is -0.461 e. The molecular weight excluding hydrogens is 166 g/mol. The van der Waals surface area contributed by atoms with Crippen LogP contribution in [0.1, 0.15) is 18.9 Å². The maximum Gasteiger partial charge on any atom is 0.305 e. The van der Waals surface area contributed by atoms with Crippen molar-refractivity contribution in [3.05, 3.63) is 35.9 Å². The Labute approximate surface area is 78.3 Å². The van der Waals surface area contributed by atoms with Gasteiger partial charge in [-0.05, 0) is 5.56 Å². The fourth-order valence-electron chi connectivity index (χ4n) is 0.840. The maximum atomic E-state index is 10.8. The van der Waals surface area contributed by atoms with Gasteiger partial charge >= 0.3 is 5.97 Å². The Hall–Kier alpha value is -1.35. The van der Waals surface area contributed by atoms with Gasteiger partial charge < -0.3 is 10.9 Å². The van der Waals surface area contributed by atoms with Crippen LogP contribution >= 0.6 is 0 Å². The largest absolute Gasteiger partial charge is 0.461 e. The van der Waals surface area contributed by atoms with Gasteiger partial charge in [-0.2, -0.15) is 0 Å². The summed E-state index contributed by atoms with van der Waals surface area (Å²) in [5.41, 5.74) is 1.03. The SMILES string of the molecule is CCC(=O)OCc1ccccc1.N. The van der Waals surface area contributed by atoms with Gasteiger partial charge in [-0.1, -0.05) is 37.3 Å². The van der Waals surface area contributed by atoms with Crippen LogP contribution in [0.25, 0.3) is 0 Å². The van der Waals surface area contributed by atoms with Crippen LogP contribution in [0.4, 0.5) is 0 Å². The number of carbonyl (C=O) groups excluding carboxylic acids is 1. The van der Waals surface area contributed by atoms with Crippen molar-refractivity contribution in [1.29, 1.82) is 0 Å². The van der Waals surface area contributed by atoms with Gasteiger partial charge in [0.05, 0.1) is 0 Å². The summed E-state index contributed by atoms with van der Waals surface area (Å²) >= 11 is 0. The Morgan fingerprint density at radius 1 is 1.31 bits per heavy atom. The lowest BCUT2D eigenvalue weighted by molar-refractivity contribution is -0.144. The predicted octanol–water partition coefficient (Wildman–Crippen LogP) is 2.30. The minimum atomic E-state index is -0.154. The summed E-state index contributed by atoms with van der Waals surface area (Å²) in [7, 11) is 0. The summed E-state index contributed by atoms with van der Waals surface area (Å²) in [5, 5.41) is 0. The topological polar surface area (TPSA) is 61.3 Å². The first-order chi connectivity index (χ1) is 5.83. The van der Waals surface area contributed by atoms with E-state index in [1.54, 1.807) is 6.92 Å². The molecule has 72 valence electrons. The molecule has 3 nitrogen and oxygen atoms in total. The maximum absolute atomic E-state index is 10.8. The monoisotopic (exact) mass is 181 g/mol. The third-order valence-corrected chi connectivity index (χ3v) is 1.53. The molecule has 0 bridgehead atoms. The zero-order valence-corrected chi connectivity index (χ0v) is 7.82. The number of hydrogen-bond acceptors (Lipinski definition) is 3. The fourth-order valence-corrected chi connectivity index (χ4v) is 0.840. The zero-order valence-electron chi connectivity index (χ0n) is 7.82. The van der Waals surface area contributed by atoms with E-state index in [4.69, 9.17) is 4.74 Å². The zero-order chi connectivity index (χ0) is 8.81. The summed E-state index contributed by atoms with van der Waals surface area (Å²) in [5.74, 6) is -0.154. The molecule has 0 saturated heterocycles. The Balaban J connectivity index is 0.00000144. The lowest BCUT2D eigenvalue weighted by Gasteiger charge is -2.01. The van der Waals surface area contributed by atoms with Crippen molar-refractivity contribution < 1.29 is 9.53 Å². The molecule has 0 aliphatic rings. The summed E-state index contributed by atoms with van der Waals surface area (Å²) < 4.78 is 4.94. The number of benzene rings is 1. The quantitative estimate of drug-likeness (QED) is 0.728. The minimum absolute atomic E-state index is 0. The number of hydrogen-bond donors (Lipinski definition) is 1. The van der Waals surface area contributed by atoms with Gasteiger partial charge in [-0.15, -0.1) is 0 Å². The average molecular weight is 181 g/mol. The Bertz CT molecular complexity index is 246. The molecule has 3 heteroatoms. The third-order valence-electron chi connectivity index (χ3n) is 1.53. The second kappa shape index (κ2) is 6.20. The summed E-state index contributed by atoms with van der Waals surface area (Å²) in [6, 6.07) is 9.65. The van der Waals surface area contributed by atoms with Gasteiger partial charge in [-0.3, -0.25) is 4.79 Å². The molecular formula is C10H15NO2. The normalized spacial score (nSPS) is 8.69. The molecule has 0 saturated carbocycles. The van der Waals surface area contributed by atoms with E-state index in [1.165, 1.54) is 0 Å². The van der Waals surface area contributed by atoms with E-state index in [2.05, 4.69) is 0 Å². The van der Waals surface area contributed by atoms with Crippen LogP contribution in [-0.4, -0.2) is 5.97 Å². The van der Waals surface area contributed by atoms with Crippen molar-refractivity contribution in [2.75, 3.05) is 0 Å². The molecule has 1 aromatic rings. The lowest BCUT2D eigenvalue weighted by atomic mass is 10.2. The van der Waals surface area contributed by atoms with Crippen molar-refractivity contribution in [2.45, 2.75) is 20.0 Å². The van der Waals surface area contributed by atoms with Gasteiger partial charge in [0.2, 0.25) is 0 Å². The van der Waals surface area contributed by atoms with Crippen LogP contribution in [0.5, 0.6) is 0 Å². The molecule has 0 radical (unpaired) electrons. The van der Waals surface area contributed by atoms with Gasteiger partial charge in [-0.25, -0.2) is 0 Å². The first-order valence-corrected chi connectivity index (χ1v) is 4.02.